The third-order valence-corrected chi connectivity index (χ3v) is 26.4. The van der Waals surface area contributed by atoms with E-state index in [9.17, 15) is 101 Å². The lowest BCUT2D eigenvalue weighted by Crippen LogP contribution is -2.66. The van der Waals surface area contributed by atoms with E-state index in [2.05, 4.69) is 26.0 Å². The molecule has 4 aromatic carbocycles. The normalized spacial score (nSPS) is 38.0. The molecule has 9 aliphatic rings. The van der Waals surface area contributed by atoms with Gasteiger partial charge in [-0.2, -0.15) is 0 Å². The third kappa shape index (κ3) is 27.7. The quantitative estimate of drug-likeness (QED) is 0.00871. The van der Waals surface area contributed by atoms with Crippen molar-refractivity contribution in [1.29, 1.82) is 0 Å². The molecule has 47 nitrogen and oxygen atoms in total. The van der Waals surface area contributed by atoms with Crippen molar-refractivity contribution in [2.45, 2.75) is 312 Å². The number of nitrogens with zero attached hydrogens (tertiary/aromatic N) is 3. The number of aliphatic hydroxyl groups excluding tert-OH is 14. The summed E-state index contributed by atoms with van der Waals surface area (Å²) in [6, 6.07) is 30.0. The van der Waals surface area contributed by atoms with Crippen molar-refractivity contribution in [3.8, 4) is 0 Å². The molecule has 13 rings (SSSR count). The highest BCUT2D eigenvalue weighted by Gasteiger charge is 2.59. The Morgan fingerprint density at radius 3 is 1.50 bits per heavy atom. The smallest absolute Gasteiger partial charge is 0.407 e. The average molecular weight is 1940 g/mol. The van der Waals surface area contributed by atoms with Gasteiger partial charge in [-0.1, -0.05) is 140 Å². The van der Waals surface area contributed by atoms with Gasteiger partial charge in [0.2, 0.25) is 0 Å². The fourth-order valence-electron chi connectivity index (χ4n) is 18.5. The van der Waals surface area contributed by atoms with Gasteiger partial charge in [-0.3, -0.25) is 9.59 Å². The first-order chi connectivity index (χ1) is 65.7. The Morgan fingerprint density at radius 2 is 0.949 bits per heavy atom. The fraction of sp³-hybridized carbons (Fsp3) is 0.678. The second-order valence-electron chi connectivity index (χ2n) is 36.0. The first-order valence-corrected chi connectivity index (χ1v) is 46.0. The van der Waals surface area contributed by atoms with E-state index in [4.69, 9.17) is 110 Å². The number of carbonyl (C=O) groups excluding carboxylic acids is 5. The number of fused-ring (bicyclic) bond motifs is 1. The first-order valence-electron chi connectivity index (χ1n) is 46.0. The molecule has 762 valence electrons. The molecule has 9 fully saturated rings. The predicted octanol–water partition coefficient (Wildman–Crippen LogP) is -4.44. The van der Waals surface area contributed by atoms with Crippen molar-refractivity contribution >= 4 is 29.8 Å². The van der Waals surface area contributed by atoms with E-state index in [1.165, 1.54) is 6.92 Å². The minimum atomic E-state index is -1.83. The number of benzene rings is 4. The molecule has 0 aromatic heterocycles. The van der Waals surface area contributed by atoms with E-state index >= 15 is 0 Å². The summed E-state index contributed by atoms with van der Waals surface area (Å²) < 4.78 is 96.7. The number of ether oxygens (including phenoxy) is 16. The molecule has 7 heterocycles. The van der Waals surface area contributed by atoms with Crippen LogP contribution in [0.2, 0.25) is 0 Å². The summed E-state index contributed by atoms with van der Waals surface area (Å²) in [5.41, 5.74) is 47.6. The van der Waals surface area contributed by atoms with Gasteiger partial charge >= 0.3 is 18.3 Å². The highest BCUT2D eigenvalue weighted by atomic mass is 16.8. The van der Waals surface area contributed by atoms with Crippen LogP contribution in [-0.4, -0.2) is 368 Å². The van der Waals surface area contributed by atoms with Gasteiger partial charge in [0.25, 0.3) is 0 Å². The number of carbonyl (C=O) groups is 5. The Hall–Kier alpha value is -7.98. The van der Waals surface area contributed by atoms with Gasteiger partial charge in [0.05, 0.1) is 99.0 Å². The summed E-state index contributed by atoms with van der Waals surface area (Å²) in [7, 11) is 0. The van der Waals surface area contributed by atoms with E-state index in [0.29, 0.717) is 24.0 Å². The molecule has 4 aromatic rings. The lowest BCUT2D eigenvalue weighted by molar-refractivity contribution is -0.311. The molecule has 7 aliphatic heterocycles. The molecule has 2 saturated carbocycles. The van der Waals surface area contributed by atoms with Crippen LogP contribution in [0.25, 0.3) is 10.4 Å². The summed E-state index contributed by atoms with van der Waals surface area (Å²) in [6.45, 7) is 0.283. The molecule has 0 bridgehead atoms. The van der Waals surface area contributed by atoms with Crippen LogP contribution in [0.5, 0.6) is 0 Å². The molecule has 137 heavy (non-hydrogen) atoms. The van der Waals surface area contributed by atoms with Gasteiger partial charge in [-0.15, -0.1) is 0 Å². The number of rotatable bonds is 38. The highest BCUT2D eigenvalue weighted by molar-refractivity contribution is 5.84. The van der Waals surface area contributed by atoms with E-state index < -0.39 is 306 Å². The van der Waals surface area contributed by atoms with E-state index in [-0.39, 0.29) is 78.1 Å². The number of hydrogen-bond acceptors (Lipinski definition) is 42. The number of azide groups is 1. The molecule has 2 aliphatic carbocycles. The molecule has 3 amide bonds. The van der Waals surface area contributed by atoms with E-state index in [1.54, 1.807) is 85.8 Å². The number of hydrogen-bond donors (Lipinski definition) is 23. The summed E-state index contributed by atoms with van der Waals surface area (Å²) >= 11 is 0. The van der Waals surface area contributed by atoms with Crippen LogP contribution in [0, 0.1) is 23.7 Å². The predicted molar refractivity (Wildman–Crippen MR) is 471 cm³/mol. The SMILES string of the molecule is C[C@H](C(=O)C[C@@H]1C[C@H](C)[C@@H](O[C@H]2O[C@H](CN=[N+]=[N-])C[C@@H](O)[C@H]2NC(=O)OCc2ccccc2)[C@H](O[C@@H]2O[C@H](CO)[C@@H](O[C@H]3O[C@H]4CCC(c5ccccc5)O[C@H]4[C@H](O)[C@H]3NC(=O)OCc3ccccc3)[C@H]2O)[C@H]1O)[C@@H](O)CNC(=O)OCc1ccccc1.NC[C@@H]1C[C@@H](O)[C@@H](N)[C@@H](O[C@H]2[C@H](O[C@@H]3O[C@H](CO)[C@@H](O[C@H]4O[C@@H](CN)[C@@H](O)[C@H](O)[C@H]4N)[C@H]3O)[C@@H](O)[C@H](CC(=O)[C@@H](O)[C@@H](O)CN)C[C@@H]2N)O1. The Bertz CT molecular complexity index is 4440. The van der Waals surface area contributed by atoms with Gasteiger partial charge in [0.1, 0.15) is 129 Å². The molecule has 1 unspecified atom stereocenters. The maximum Gasteiger partial charge on any atom is 0.407 e. The minimum absolute atomic E-state index is 0.0275. The maximum atomic E-state index is 14.1. The number of Topliss-reactive ketones (excluding diaryl/α,β-unsaturated/α-hetero) is 2. The molecule has 29 N–H and O–H groups in total. The Kier molecular flexibility index (Phi) is 40.2. The molecular weight excluding hydrogens is 1810 g/mol. The standard InChI is InChI=1S/C62H78N6O20.C28H54N6O15/c1-34-25-40(26-42(70)35(2)44(72)29-64-60(76)79-31-36-15-7-3-8-16-36)50(73)56(53(34)86-57-48(43(71)27-41(82-57)28-65-68-63)66-61(77)80-32-37-17-9-4-10-18-37)88-59-52(75)55(47(30-69)85-59)87-58-49(67-62(78)81-33-38-19-11-5-12-20-38)51(74)54-46(84-58)24-23-45(83-54)39-21-13-6-14-22-39;29-4-9-3-11(36)16(33)26(44-9)47-23-10(32)1-8(2-12(37)19(40)13(38)5-30)18(39)25(23)49-28-22(43)24(15(7-35)46-28)48-27-17(34)21(42)20(41)14(6-31)45-27/h3-22,34-35,40-41,43-59,69,71-75H,23-33H2,1-2H3,(H,64,76)(H,66,77)(H,67,78);8-11,13-28,35-36,38-43H,1-7,29-34H2/t34-,35+,40-,41-,43+,44-,45?,46-,47+,48+,49+,50-,51+,52+,53+,54+,55+,56+,57+,58+,59-;8-,9-,10-,11+,13-,14-,15+,16+,17+,18-,19+,20+,21+,22+,23+,24+,25+,26+,27+,28-/m00/s1. The lowest BCUT2D eigenvalue weighted by Gasteiger charge is -2.48. The van der Waals surface area contributed by atoms with Crippen molar-refractivity contribution in [1.82, 2.24) is 16.0 Å². The molecule has 41 atom stereocenters. The Labute approximate surface area is 788 Å². The zero-order chi connectivity index (χ0) is 98.6. The average Bonchev–Trinajstić information content (AvgIpc) is 1.74. The van der Waals surface area contributed by atoms with Crippen molar-refractivity contribution in [2.24, 2.45) is 63.2 Å². The summed E-state index contributed by atoms with van der Waals surface area (Å²) in [5.74, 6) is -4.97. The monoisotopic (exact) mass is 1940 g/mol. The Balaban J connectivity index is 0.000000290. The number of aliphatic hydroxyl groups is 14. The van der Waals surface area contributed by atoms with Crippen LogP contribution < -0.4 is 50.4 Å². The molecule has 47 heteroatoms. The maximum absolute atomic E-state index is 14.1. The van der Waals surface area contributed by atoms with Crippen LogP contribution >= 0.6 is 0 Å². The number of ketones is 2. The van der Waals surface area contributed by atoms with Crippen molar-refractivity contribution in [3.63, 3.8) is 0 Å². The van der Waals surface area contributed by atoms with Crippen molar-refractivity contribution < 1.29 is 171 Å². The van der Waals surface area contributed by atoms with Crippen LogP contribution in [-0.2, 0) is 105 Å². The third-order valence-electron chi connectivity index (χ3n) is 26.4. The molecular formula is C90H132N12O35. The number of alkyl carbamates (subject to hydrolysis) is 3. The van der Waals surface area contributed by atoms with Gasteiger partial charge in [0, 0.05) is 68.7 Å². The largest absolute Gasteiger partial charge is 0.445 e. The zero-order valence-electron chi connectivity index (χ0n) is 75.6. The van der Waals surface area contributed by atoms with Gasteiger partial charge in [-0.05, 0) is 71.2 Å². The van der Waals surface area contributed by atoms with E-state index in [1.807, 2.05) is 42.5 Å². The van der Waals surface area contributed by atoms with Gasteiger partial charge in [0.15, 0.2) is 43.5 Å². The van der Waals surface area contributed by atoms with Crippen molar-refractivity contribution in [3.05, 3.63) is 154 Å². The fourth-order valence-corrected chi connectivity index (χ4v) is 18.5. The van der Waals surface area contributed by atoms with Gasteiger partial charge in [-0.25, -0.2) is 14.4 Å². The van der Waals surface area contributed by atoms with Crippen molar-refractivity contribution in [2.75, 3.05) is 45.9 Å². The van der Waals surface area contributed by atoms with Crippen LogP contribution in [0.15, 0.2) is 126 Å². The Morgan fingerprint density at radius 1 is 0.474 bits per heavy atom. The number of nitrogens with two attached hydrogens (primary N) is 6. The van der Waals surface area contributed by atoms with Crippen LogP contribution in [0.1, 0.15) is 93.6 Å². The summed E-state index contributed by atoms with van der Waals surface area (Å²) in [6.07, 6.45) is -46.1. The second kappa shape index (κ2) is 51.1. The van der Waals surface area contributed by atoms with E-state index in [0.717, 1.165) is 11.1 Å². The summed E-state index contributed by atoms with van der Waals surface area (Å²) in [5, 5.41) is 166. The molecule has 7 saturated heterocycles. The minimum Gasteiger partial charge on any atom is -0.445 e. The first kappa shape index (κ1) is 108. The van der Waals surface area contributed by atoms with Gasteiger partial charge < -0.3 is 198 Å². The van der Waals surface area contributed by atoms with Crippen LogP contribution in [0.4, 0.5) is 14.4 Å². The summed E-state index contributed by atoms with van der Waals surface area (Å²) in [4.78, 5) is 69.3. The number of nitrogens with one attached hydrogen (secondary N) is 3. The molecule has 0 radical (unpaired) electrons. The lowest BCUT2D eigenvalue weighted by atomic mass is 9.73. The second-order valence-corrected chi connectivity index (χ2v) is 36.0. The van der Waals surface area contributed by atoms with Crippen LogP contribution in [0.3, 0.4) is 0 Å². The molecule has 0 spiro atoms. The topological polar surface area (TPSA) is 757 Å². The zero-order valence-corrected chi connectivity index (χ0v) is 75.6. The highest BCUT2D eigenvalue weighted by Crippen LogP contribution is 2.45. The number of amides is 3.